The lowest BCUT2D eigenvalue weighted by molar-refractivity contribution is 0.514. The summed E-state index contributed by atoms with van der Waals surface area (Å²) in [5.74, 6) is 1.18. The topological polar surface area (TPSA) is 24.9 Å². The highest BCUT2D eigenvalue weighted by Gasteiger charge is 2.12. The van der Waals surface area contributed by atoms with Gasteiger partial charge in [0.1, 0.15) is 0 Å². The first kappa shape index (κ1) is 15.7. The third-order valence-corrected chi connectivity index (χ3v) is 3.67. The molecule has 0 spiro atoms. The van der Waals surface area contributed by atoms with Gasteiger partial charge in [0.05, 0.1) is 0 Å². The minimum Gasteiger partial charge on any atom is -0.316 e. The van der Waals surface area contributed by atoms with E-state index in [2.05, 4.69) is 66.6 Å². The molecule has 2 nitrogen and oxygen atoms in total. The van der Waals surface area contributed by atoms with E-state index >= 15 is 0 Å². The van der Waals surface area contributed by atoms with Gasteiger partial charge in [-0.25, -0.2) is 0 Å². The molecule has 1 aromatic heterocycles. The lowest BCUT2D eigenvalue weighted by Gasteiger charge is -2.19. The highest BCUT2D eigenvalue weighted by Crippen LogP contribution is 2.20. The summed E-state index contributed by atoms with van der Waals surface area (Å²) in [6, 6.07) is 15.1. The third kappa shape index (κ3) is 5.31. The summed E-state index contributed by atoms with van der Waals surface area (Å²) >= 11 is 0. The van der Waals surface area contributed by atoms with Crippen LogP contribution in [0.5, 0.6) is 0 Å². The molecule has 0 fully saturated rings. The van der Waals surface area contributed by atoms with Gasteiger partial charge in [-0.05, 0) is 43.0 Å². The Hall–Kier alpha value is -1.67. The first-order chi connectivity index (χ1) is 10.1. The normalized spacial score (nSPS) is 12.6. The van der Waals surface area contributed by atoms with Crippen LogP contribution in [0.25, 0.3) is 0 Å². The van der Waals surface area contributed by atoms with Crippen LogP contribution in [-0.2, 0) is 6.42 Å². The smallest absolute Gasteiger partial charge is 0.0372 e. The molecule has 2 rings (SSSR count). The van der Waals surface area contributed by atoms with Crippen LogP contribution in [0.2, 0.25) is 0 Å². The molecule has 0 aliphatic carbocycles. The molecule has 1 heterocycles. The fourth-order valence-electron chi connectivity index (χ4n) is 2.48. The van der Waals surface area contributed by atoms with Crippen molar-refractivity contribution < 1.29 is 0 Å². The average molecular weight is 282 g/mol. The quantitative estimate of drug-likeness (QED) is 0.831. The molecule has 0 aliphatic rings. The van der Waals surface area contributed by atoms with Crippen molar-refractivity contribution in [3.63, 3.8) is 0 Å². The summed E-state index contributed by atoms with van der Waals surface area (Å²) in [4.78, 5) is 4.41. The van der Waals surface area contributed by atoms with Crippen molar-refractivity contribution in [1.82, 2.24) is 10.3 Å². The zero-order valence-corrected chi connectivity index (χ0v) is 13.3. The fraction of sp³-hybridized carbons (Fsp3) is 0.421. The van der Waals surface area contributed by atoms with Crippen LogP contribution in [0.3, 0.4) is 0 Å². The molecule has 0 radical (unpaired) electrons. The van der Waals surface area contributed by atoms with Crippen LogP contribution >= 0.6 is 0 Å². The van der Waals surface area contributed by atoms with Crippen LogP contribution in [0.1, 0.15) is 36.6 Å². The number of benzene rings is 1. The van der Waals surface area contributed by atoms with Crippen molar-refractivity contribution in [3.05, 3.63) is 65.5 Å². The lowest BCUT2D eigenvalue weighted by atomic mass is 9.92. The molecule has 0 amide bonds. The Morgan fingerprint density at radius 3 is 2.38 bits per heavy atom. The van der Waals surface area contributed by atoms with Crippen LogP contribution in [0.4, 0.5) is 0 Å². The lowest BCUT2D eigenvalue weighted by Crippen LogP contribution is -2.26. The van der Waals surface area contributed by atoms with Crippen molar-refractivity contribution >= 4 is 0 Å². The summed E-state index contributed by atoms with van der Waals surface area (Å²) in [6.45, 7) is 8.59. The molecule has 0 saturated carbocycles. The average Bonchev–Trinajstić information content (AvgIpc) is 2.49. The van der Waals surface area contributed by atoms with Gasteiger partial charge in [-0.1, -0.05) is 50.2 Å². The van der Waals surface area contributed by atoms with Gasteiger partial charge in [0.25, 0.3) is 0 Å². The maximum atomic E-state index is 4.41. The highest BCUT2D eigenvalue weighted by molar-refractivity contribution is 5.24. The summed E-state index contributed by atoms with van der Waals surface area (Å²) in [5, 5.41) is 3.59. The van der Waals surface area contributed by atoms with Crippen LogP contribution < -0.4 is 5.32 Å². The van der Waals surface area contributed by atoms with E-state index in [4.69, 9.17) is 0 Å². The van der Waals surface area contributed by atoms with E-state index in [0.717, 1.165) is 25.2 Å². The van der Waals surface area contributed by atoms with Gasteiger partial charge < -0.3 is 5.32 Å². The number of aryl methyl sites for hydroxylation is 1. The minimum absolute atomic E-state index is 0.495. The van der Waals surface area contributed by atoms with Gasteiger partial charge in [0.2, 0.25) is 0 Å². The second-order valence-corrected chi connectivity index (χ2v) is 6.17. The number of hydrogen-bond donors (Lipinski definition) is 1. The summed E-state index contributed by atoms with van der Waals surface area (Å²) in [5.41, 5.74) is 3.78. The number of nitrogens with one attached hydrogen (secondary N) is 1. The maximum absolute atomic E-state index is 4.41. The molecule has 1 unspecified atom stereocenters. The van der Waals surface area contributed by atoms with Gasteiger partial charge in [-0.3, -0.25) is 4.98 Å². The van der Waals surface area contributed by atoms with Crippen molar-refractivity contribution in [2.75, 3.05) is 13.1 Å². The zero-order chi connectivity index (χ0) is 15.1. The van der Waals surface area contributed by atoms with Gasteiger partial charge in [0, 0.05) is 24.4 Å². The highest BCUT2D eigenvalue weighted by atomic mass is 14.9. The molecule has 2 heteroatoms. The largest absolute Gasteiger partial charge is 0.316 e. The first-order valence-corrected chi connectivity index (χ1v) is 7.82. The molecule has 1 N–H and O–H groups in total. The molecule has 0 aliphatic heterocycles. The number of pyridine rings is 1. The maximum Gasteiger partial charge on any atom is 0.0372 e. The second-order valence-electron chi connectivity index (χ2n) is 6.17. The van der Waals surface area contributed by atoms with Crippen molar-refractivity contribution in [2.24, 2.45) is 5.92 Å². The SMILES string of the molecule is Cc1ccc(CC(CNCC(C)C)c2ccccc2)cn1. The van der Waals surface area contributed by atoms with Gasteiger partial charge in [-0.2, -0.15) is 0 Å². The molecule has 2 aromatic rings. The Kier molecular flexibility index (Phi) is 5.94. The van der Waals surface area contributed by atoms with E-state index in [9.17, 15) is 0 Å². The second kappa shape index (κ2) is 7.94. The predicted molar refractivity (Wildman–Crippen MR) is 89.6 cm³/mol. The summed E-state index contributed by atoms with van der Waals surface area (Å²) in [6.07, 6.45) is 3.04. The Bertz CT molecular complexity index is 517. The van der Waals surface area contributed by atoms with Crippen molar-refractivity contribution in [1.29, 1.82) is 0 Å². The van der Waals surface area contributed by atoms with E-state index in [1.54, 1.807) is 0 Å². The Labute approximate surface area is 128 Å². The van der Waals surface area contributed by atoms with E-state index < -0.39 is 0 Å². The molecule has 0 bridgehead atoms. The van der Waals surface area contributed by atoms with Gasteiger partial charge in [0.15, 0.2) is 0 Å². The van der Waals surface area contributed by atoms with Crippen LogP contribution in [-0.4, -0.2) is 18.1 Å². The van der Waals surface area contributed by atoms with E-state index in [1.165, 1.54) is 11.1 Å². The standard InChI is InChI=1S/C19H26N2/c1-15(2)12-20-14-19(18-7-5-4-6-8-18)11-17-10-9-16(3)21-13-17/h4-10,13,15,19-20H,11-12,14H2,1-3H3. The van der Waals surface area contributed by atoms with E-state index in [0.29, 0.717) is 11.8 Å². The summed E-state index contributed by atoms with van der Waals surface area (Å²) in [7, 11) is 0. The molecule has 112 valence electrons. The number of hydrogen-bond acceptors (Lipinski definition) is 2. The monoisotopic (exact) mass is 282 g/mol. The molecule has 1 aromatic carbocycles. The van der Waals surface area contributed by atoms with E-state index in [1.807, 2.05) is 13.1 Å². The molecule has 21 heavy (non-hydrogen) atoms. The molecule has 0 saturated heterocycles. The number of nitrogens with zero attached hydrogens (tertiary/aromatic N) is 1. The third-order valence-electron chi connectivity index (χ3n) is 3.67. The molecule has 1 atom stereocenters. The van der Waals surface area contributed by atoms with E-state index in [-0.39, 0.29) is 0 Å². The minimum atomic E-state index is 0.495. The van der Waals surface area contributed by atoms with Crippen LogP contribution in [0, 0.1) is 12.8 Å². The predicted octanol–water partition coefficient (Wildman–Crippen LogP) is 3.96. The fourth-order valence-corrected chi connectivity index (χ4v) is 2.48. The Morgan fingerprint density at radius 1 is 1.00 bits per heavy atom. The summed E-state index contributed by atoms with van der Waals surface area (Å²) < 4.78 is 0. The molecular formula is C19H26N2. The van der Waals surface area contributed by atoms with Crippen molar-refractivity contribution in [2.45, 2.75) is 33.1 Å². The van der Waals surface area contributed by atoms with Gasteiger partial charge >= 0.3 is 0 Å². The number of aromatic nitrogens is 1. The first-order valence-electron chi connectivity index (χ1n) is 7.82. The Morgan fingerprint density at radius 2 is 1.76 bits per heavy atom. The number of rotatable bonds is 7. The molecular weight excluding hydrogens is 256 g/mol. The van der Waals surface area contributed by atoms with Crippen LogP contribution in [0.15, 0.2) is 48.7 Å². The van der Waals surface area contributed by atoms with Crippen molar-refractivity contribution in [3.8, 4) is 0 Å². The zero-order valence-electron chi connectivity index (χ0n) is 13.3. The van der Waals surface area contributed by atoms with Gasteiger partial charge in [-0.15, -0.1) is 0 Å². The Balaban J connectivity index is 2.06.